The minimum Gasteiger partial charge on any atom is -0.346 e. The van der Waals surface area contributed by atoms with Crippen LogP contribution in [0.5, 0.6) is 0 Å². The molecule has 3 nitrogen and oxygen atoms in total. The molecule has 0 aliphatic carbocycles. The Kier molecular flexibility index (Phi) is 7.76. The van der Waals surface area contributed by atoms with Crippen molar-refractivity contribution < 1.29 is 4.79 Å². The Bertz CT molecular complexity index is 424. The maximum Gasteiger partial charge on any atom is 0.225 e. The standard InChI is InChI=1S/C17H26N2O.ClH/c1-14-13-16(10-11-18-14)17(20)19(2)12-6-9-15-7-4-3-5-8-15;/h3-5,7-8,14,16,18H,6,9-13H2,1-2H3;1H/t14-,16-;/m0./s1. The van der Waals surface area contributed by atoms with Crippen molar-refractivity contribution in [2.75, 3.05) is 20.1 Å². The van der Waals surface area contributed by atoms with Crippen LogP contribution in [0, 0.1) is 5.92 Å². The van der Waals surface area contributed by atoms with E-state index in [9.17, 15) is 4.79 Å². The molecular weight excluding hydrogens is 284 g/mol. The molecule has 1 heterocycles. The molecule has 2 atom stereocenters. The summed E-state index contributed by atoms with van der Waals surface area (Å²) in [5.74, 6) is 0.541. The fourth-order valence-corrected chi connectivity index (χ4v) is 2.94. The summed E-state index contributed by atoms with van der Waals surface area (Å²) in [6.45, 7) is 3.98. The number of carbonyl (C=O) groups is 1. The first kappa shape index (κ1) is 18.0. The molecule has 2 rings (SSSR count). The second-order valence-corrected chi connectivity index (χ2v) is 5.93. The second-order valence-electron chi connectivity index (χ2n) is 5.93. The summed E-state index contributed by atoms with van der Waals surface area (Å²) >= 11 is 0. The maximum absolute atomic E-state index is 12.4. The second kappa shape index (κ2) is 9.06. The Labute approximate surface area is 134 Å². The Hall–Kier alpha value is -1.06. The van der Waals surface area contributed by atoms with Crippen LogP contribution >= 0.6 is 12.4 Å². The molecule has 0 radical (unpaired) electrons. The van der Waals surface area contributed by atoms with E-state index < -0.39 is 0 Å². The number of piperidine rings is 1. The summed E-state index contributed by atoms with van der Waals surface area (Å²) in [6.07, 6.45) is 4.03. The fourth-order valence-electron chi connectivity index (χ4n) is 2.94. The van der Waals surface area contributed by atoms with E-state index in [0.29, 0.717) is 11.9 Å². The van der Waals surface area contributed by atoms with Crippen molar-refractivity contribution in [1.82, 2.24) is 10.2 Å². The lowest BCUT2D eigenvalue weighted by Gasteiger charge is -2.30. The molecule has 1 amide bonds. The first-order valence-corrected chi connectivity index (χ1v) is 7.69. The Morgan fingerprint density at radius 1 is 1.33 bits per heavy atom. The number of nitrogens with zero attached hydrogens (tertiary/aromatic N) is 1. The van der Waals surface area contributed by atoms with Gasteiger partial charge in [0, 0.05) is 25.6 Å². The molecule has 1 fully saturated rings. The summed E-state index contributed by atoms with van der Waals surface area (Å²) in [7, 11) is 1.94. The van der Waals surface area contributed by atoms with Crippen molar-refractivity contribution in [2.24, 2.45) is 5.92 Å². The molecule has 1 aromatic rings. The van der Waals surface area contributed by atoms with E-state index in [1.54, 1.807) is 0 Å². The Balaban J connectivity index is 0.00000220. The van der Waals surface area contributed by atoms with Crippen molar-refractivity contribution in [3.8, 4) is 0 Å². The molecule has 0 spiro atoms. The zero-order valence-electron chi connectivity index (χ0n) is 13.0. The van der Waals surface area contributed by atoms with Crippen LogP contribution in [0.2, 0.25) is 0 Å². The highest BCUT2D eigenvalue weighted by atomic mass is 35.5. The molecule has 1 N–H and O–H groups in total. The van der Waals surface area contributed by atoms with Crippen LogP contribution in [0.3, 0.4) is 0 Å². The number of aryl methyl sites for hydroxylation is 1. The summed E-state index contributed by atoms with van der Waals surface area (Å²) in [5, 5.41) is 3.40. The average molecular weight is 311 g/mol. The largest absolute Gasteiger partial charge is 0.346 e. The molecule has 1 saturated heterocycles. The third kappa shape index (κ3) is 5.68. The van der Waals surface area contributed by atoms with Crippen LogP contribution in [-0.4, -0.2) is 37.0 Å². The number of carbonyl (C=O) groups excluding carboxylic acids is 1. The quantitative estimate of drug-likeness (QED) is 0.907. The summed E-state index contributed by atoms with van der Waals surface area (Å²) in [5.41, 5.74) is 1.35. The number of halogens is 1. The van der Waals surface area contributed by atoms with E-state index in [-0.39, 0.29) is 18.3 Å². The number of benzene rings is 1. The maximum atomic E-state index is 12.4. The van der Waals surface area contributed by atoms with Gasteiger partial charge in [0.2, 0.25) is 5.91 Å². The molecule has 118 valence electrons. The van der Waals surface area contributed by atoms with Gasteiger partial charge in [-0.2, -0.15) is 0 Å². The van der Waals surface area contributed by atoms with Gasteiger partial charge in [-0.05, 0) is 44.7 Å². The van der Waals surface area contributed by atoms with Gasteiger partial charge in [-0.15, -0.1) is 12.4 Å². The fraction of sp³-hybridized carbons (Fsp3) is 0.588. The van der Waals surface area contributed by atoms with Gasteiger partial charge in [-0.25, -0.2) is 0 Å². The highest BCUT2D eigenvalue weighted by Gasteiger charge is 2.26. The van der Waals surface area contributed by atoms with Crippen LogP contribution in [0.1, 0.15) is 31.7 Å². The van der Waals surface area contributed by atoms with E-state index in [4.69, 9.17) is 0 Å². The van der Waals surface area contributed by atoms with Crippen LogP contribution < -0.4 is 5.32 Å². The highest BCUT2D eigenvalue weighted by Crippen LogP contribution is 2.18. The predicted octanol–water partition coefficient (Wildman–Crippen LogP) is 2.89. The van der Waals surface area contributed by atoms with E-state index >= 15 is 0 Å². The van der Waals surface area contributed by atoms with Crippen LogP contribution in [-0.2, 0) is 11.2 Å². The van der Waals surface area contributed by atoms with E-state index in [2.05, 4.69) is 36.5 Å². The number of nitrogens with one attached hydrogen (secondary N) is 1. The zero-order valence-corrected chi connectivity index (χ0v) is 13.9. The molecule has 4 heteroatoms. The molecule has 1 aliphatic heterocycles. The molecular formula is C17H27ClN2O. The summed E-state index contributed by atoms with van der Waals surface area (Å²) in [6, 6.07) is 10.9. The number of hydrogen-bond acceptors (Lipinski definition) is 2. The van der Waals surface area contributed by atoms with Crippen LogP contribution in [0.25, 0.3) is 0 Å². The van der Waals surface area contributed by atoms with Gasteiger partial charge in [0.25, 0.3) is 0 Å². The Morgan fingerprint density at radius 3 is 2.71 bits per heavy atom. The number of rotatable bonds is 5. The SMILES string of the molecule is C[C@H]1C[C@@H](C(=O)N(C)CCCc2ccccc2)CCN1.Cl. The van der Waals surface area contributed by atoms with Gasteiger partial charge in [0.15, 0.2) is 0 Å². The molecule has 0 unspecified atom stereocenters. The summed E-state index contributed by atoms with van der Waals surface area (Å²) in [4.78, 5) is 14.3. The van der Waals surface area contributed by atoms with Crippen LogP contribution in [0.15, 0.2) is 30.3 Å². The van der Waals surface area contributed by atoms with Crippen molar-refractivity contribution >= 4 is 18.3 Å². The minimum atomic E-state index is 0. The molecule has 0 aromatic heterocycles. The predicted molar refractivity (Wildman–Crippen MR) is 89.8 cm³/mol. The van der Waals surface area contributed by atoms with Crippen molar-refractivity contribution in [3.63, 3.8) is 0 Å². The third-order valence-electron chi connectivity index (χ3n) is 4.15. The van der Waals surface area contributed by atoms with E-state index in [1.807, 2.05) is 18.0 Å². The highest BCUT2D eigenvalue weighted by molar-refractivity contribution is 5.85. The lowest BCUT2D eigenvalue weighted by atomic mass is 9.92. The van der Waals surface area contributed by atoms with Crippen molar-refractivity contribution in [2.45, 2.75) is 38.6 Å². The molecule has 21 heavy (non-hydrogen) atoms. The monoisotopic (exact) mass is 310 g/mol. The van der Waals surface area contributed by atoms with Gasteiger partial charge in [-0.3, -0.25) is 4.79 Å². The first-order valence-electron chi connectivity index (χ1n) is 7.69. The van der Waals surface area contributed by atoms with E-state index in [1.165, 1.54) is 5.56 Å². The van der Waals surface area contributed by atoms with E-state index in [0.717, 1.165) is 38.8 Å². The smallest absolute Gasteiger partial charge is 0.225 e. The number of amides is 1. The van der Waals surface area contributed by atoms with Gasteiger partial charge in [0.05, 0.1) is 0 Å². The van der Waals surface area contributed by atoms with Gasteiger partial charge in [-0.1, -0.05) is 30.3 Å². The topological polar surface area (TPSA) is 32.3 Å². The lowest BCUT2D eigenvalue weighted by Crippen LogP contribution is -2.43. The van der Waals surface area contributed by atoms with Gasteiger partial charge < -0.3 is 10.2 Å². The normalized spacial score (nSPS) is 21.4. The molecule has 1 aromatic carbocycles. The molecule has 0 bridgehead atoms. The van der Waals surface area contributed by atoms with Crippen LogP contribution in [0.4, 0.5) is 0 Å². The average Bonchev–Trinajstić information content (AvgIpc) is 2.47. The van der Waals surface area contributed by atoms with Gasteiger partial charge >= 0.3 is 0 Å². The van der Waals surface area contributed by atoms with Crippen molar-refractivity contribution in [3.05, 3.63) is 35.9 Å². The molecule has 0 saturated carbocycles. The minimum absolute atomic E-state index is 0. The first-order chi connectivity index (χ1) is 9.66. The number of hydrogen-bond donors (Lipinski definition) is 1. The third-order valence-corrected chi connectivity index (χ3v) is 4.15. The Morgan fingerprint density at radius 2 is 2.05 bits per heavy atom. The molecule has 1 aliphatic rings. The zero-order chi connectivity index (χ0) is 14.4. The van der Waals surface area contributed by atoms with Gasteiger partial charge in [0.1, 0.15) is 0 Å². The summed E-state index contributed by atoms with van der Waals surface area (Å²) < 4.78 is 0. The lowest BCUT2D eigenvalue weighted by molar-refractivity contribution is -0.135. The van der Waals surface area contributed by atoms with Crippen molar-refractivity contribution in [1.29, 1.82) is 0 Å².